The summed E-state index contributed by atoms with van der Waals surface area (Å²) in [7, 11) is 1.83. The van der Waals surface area contributed by atoms with Gasteiger partial charge in [0.15, 0.2) is 0 Å². The van der Waals surface area contributed by atoms with Crippen LogP contribution in [0.2, 0.25) is 0 Å². The fourth-order valence-electron chi connectivity index (χ4n) is 2.33. The highest BCUT2D eigenvalue weighted by Gasteiger charge is 2.16. The molecule has 0 bridgehead atoms. The number of hydrogen-bond acceptors (Lipinski definition) is 4. The predicted octanol–water partition coefficient (Wildman–Crippen LogP) is 1.25. The molecule has 0 aromatic carbocycles. The SMILES string of the molecule is Cc1cc(C(=O)NNC(=O)Cc2c(C)nn(C)c2C)c(C)o1. The van der Waals surface area contributed by atoms with Crippen molar-refractivity contribution in [3.05, 3.63) is 40.1 Å². The van der Waals surface area contributed by atoms with E-state index in [9.17, 15) is 9.59 Å². The van der Waals surface area contributed by atoms with E-state index >= 15 is 0 Å². The Kier molecular flexibility index (Phi) is 4.35. The van der Waals surface area contributed by atoms with Gasteiger partial charge in [-0.25, -0.2) is 0 Å². The molecule has 2 rings (SSSR count). The first-order valence-electron chi connectivity index (χ1n) is 6.95. The topological polar surface area (TPSA) is 89.2 Å². The van der Waals surface area contributed by atoms with Gasteiger partial charge >= 0.3 is 0 Å². The lowest BCUT2D eigenvalue weighted by molar-refractivity contribution is -0.121. The molecule has 0 spiro atoms. The van der Waals surface area contributed by atoms with E-state index in [0.29, 0.717) is 17.1 Å². The van der Waals surface area contributed by atoms with Gasteiger partial charge < -0.3 is 4.42 Å². The number of carbonyl (C=O) groups excluding carboxylic acids is 2. The lowest BCUT2D eigenvalue weighted by Gasteiger charge is -2.07. The molecule has 2 N–H and O–H groups in total. The fourth-order valence-corrected chi connectivity index (χ4v) is 2.33. The van der Waals surface area contributed by atoms with Crippen LogP contribution in [0.5, 0.6) is 0 Å². The molecule has 0 aliphatic heterocycles. The summed E-state index contributed by atoms with van der Waals surface area (Å²) in [4.78, 5) is 23.9. The minimum atomic E-state index is -0.401. The lowest BCUT2D eigenvalue weighted by atomic mass is 10.1. The van der Waals surface area contributed by atoms with Crippen LogP contribution in [0.3, 0.4) is 0 Å². The summed E-state index contributed by atoms with van der Waals surface area (Å²) in [5.74, 6) is 0.464. The number of rotatable bonds is 3. The van der Waals surface area contributed by atoms with Crippen LogP contribution < -0.4 is 10.9 Å². The van der Waals surface area contributed by atoms with Crippen LogP contribution in [0.15, 0.2) is 10.5 Å². The lowest BCUT2D eigenvalue weighted by Crippen LogP contribution is -2.42. The molecule has 0 fully saturated rings. The van der Waals surface area contributed by atoms with Crippen molar-refractivity contribution in [2.75, 3.05) is 0 Å². The molecule has 0 saturated heterocycles. The van der Waals surface area contributed by atoms with E-state index in [-0.39, 0.29) is 12.3 Å². The quantitative estimate of drug-likeness (QED) is 0.835. The van der Waals surface area contributed by atoms with Gasteiger partial charge in [-0.15, -0.1) is 0 Å². The Morgan fingerprint density at radius 3 is 2.41 bits per heavy atom. The maximum Gasteiger partial charge on any atom is 0.273 e. The van der Waals surface area contributed by atoms with Crippen molar-refractivity contribution in [3.8, 4) is 0 Å². The highest BCUT2D eigenvalue weighted by Crippen LogP contribution is 2.13. The van der Waals surface area contributed by atoms with E-state index in [0.717, 1.165) is 17.0 Å². The highest BCUT2D eigenvalue weighted by molar-refractivity contribution is 5.96. The van der Waals surface area contributed by atoms with E-state index in [1.54, 1.807) is 24.6 Å². The summed E-state index contributed by atoms with van der Waals surface area (Å²) in [6.07, 6.45) is 0.162. The average Bonchev–Trinajstić information content (AvgIpc) is 2.90. The van der Waals surface area contributed by atoms with Crippen LogP contribution in [0.25, 0.3) is 0 Å². The number of aryl methyl sites for hydroxylation is 4. The predicted molar refractivity (Wildman–Crippen MR) is 80.2 cm³/mol. The van der Waals surface area contributed by atoms with E-state index in [4.69, 9.17) is 4.42 Å². The number of carbonyl (C=O) groups is 2. The number of nitrogens with one attached hydrogen (secondary N) is 2. The number of hydrogen-bond donors (Lipinski definition) is 2. The van der Waals surface area contributed by atoms with Crippen LogP contribution in [0.4, 0.5) is 0 Å². The van der Waals surface area contributed by atoms with Crippen LogP contribution in [-0.2, 0) is 18.3 Å². The first-order chi connectivity index (χ1) is 10.3. The maximum atomic E-state index is 12.0. The van der Waals surface area contributed by atoms with Gasteiger partial charge in [0, 0.05) is 18.3 Å². The first kappa shape index (κ1) is 15.8. The van der Waals surface area contributed by atoms with Crippen LogP contribution in [0, 0.1) is 27.7 Å². The molecule has 2 aromatic heterocycles. The molecule has 118 valence electrons. The number of aromatic nitrogens is 2. The molecule has 0 saturated carbocycles. The average molecular weight is 304 g/mol. The highest BCUT2D eigenvalue weighted by atomic mass is 16.3. The Morgan fingerprint density at radius 2 is 1.91 bits per heavy atom. The van der Waals surface area contributed by atoms with Crippen molar-refractivity contribution in [2.45, 2.75) is 34.1 Å². The summed E-state index contributed by atoms with van der Waals surface area (Å²) in [5.41, 5.74) is 7.82. The third-order valence-corrected chi connectivity index (χ3v) is 3.60. The normalized spacial score (nSPS) is 10.6. The molecule has 0 aliphatic rings. The standard InChI is InChI=1S/C15H20N4O3/c1-8-6-13(11(4)22-8)15(21)17-16-14(20)7-12-9(2)18-19(5)10(12)3/h6H,7H2,1-5H3,(H,16,20)(H,17,21). The van der Waals surface area contributed by atoms with Gasteiger partial charge in [0.25, 0.3) is 5.91 Å². The largest absolute Gasteiger partial charge is 0.466 e. The van der Waals surface area contributed by atoms with E-state index < -0.39 is 5.91 Å². The Hall–Kier alpha value is -2.57. The molecule has 2 aromatic rings. The smallest absolute Gasteiger partial charge is 0.273 e. The van der Waals surface area contributed by atoms with Crippen molar-refractivity contribution in [2.24, 2.45) is 7.05 Å². The molecule has 0 radical (unpaired) electrons. The van der Waals surface area contributed by atoms with Gasteiger partial charge in [-0.3, -0.25) is 25.1 Å². The van der Waals surface area contributed by atoms with Crippen molar-refractivity contribution < 1.29 is 14.0 Å². The zero-order valence-corrected chi connectivity index (χ0v) is 13.4. The minimum Gasteiger partial charge on any atom is -0.466 e. The van der Waals surface area contributed by atoms with E-state index in [2.05, 4.69) is 16.0 Å². The fraction of sp³-hybridized carbons (Fsp3) is 0.400. The first-order valence-corrected chi connectivity index (χ1v) is 6.95. The Morgan fingerprint density at radius 1 is 1.23 bits per heavy atom. The maximum absolute atomic E-state index is 12.0. The second-order valence-electron chi connectivity index (χ2n) is 5.28. The molecule has 0 unspecified atom stereocenters. The van der Waals surface area contributed by atoms with Gasteiger partial charge in [-0.05, 0) is 33.8 Å². The van der Waals surface area contributed by atoms with Crippen molar-refractivity contribution >= 4 is 11.8 Å². The molecule has 7 heteroatoms. The second-order valence-corrected chi connectivity index (χ2v) is 5.28. The molecular weight excluding hydrogens is 284 g/mol. The molecule has 7 nitrogen and oxygen atoms in total. The summed E-state index contributed by atoms with van der Waals surface area (Å²) in [5, 5.41) is 4.26. The Labute approximate surface area is 128 Å². The Bertz CT molecular complexity index is 727. The second kappa shape index (κ2) is 6.05. The zero-order valence-electron chi connectivity index (χ0n) is 13.4. The third kappa shape index (κ3) is 3.19. The molecule has 2 amide bonds. The number of amides is 2. The van der Waals surface area contributed by atoms with Gasteiger partial charge in [0.05, 0.1) is 17.7 Å². The van der Waals surface area contributed by atoms with Gasteiger partial charge in [0.1, 0.15) is 11.5 Å². The number of hydrazine groups is 1. The summed E-state index contributed by atoms with van der Waals surface area (Å²) in [6, 6.07) is 1.63. The van der Waals surface area contributed by atoms with E-state index in [1.807, 2.05) is 20.9 Å². The van der Waals surface area contributed by atoms with Gasteiger partial charge in [-0.1, -0.05) is 0 Å². The summed E-state index contributed by atoms with van der Waals surface area (Å²) >= 11 is 0. The van der Waals surface area contributed by atoms with Gasteiger partial charge in [-0.2, -0.15) is 5.10 Å². The van der Waals surface area contributed by atoms with Gasteiger partial charge in [0.2, 0.25) is 5.91 Å². The molecule has 0 aliphatic carbocycles. The number of furan rings is 1. The monoisotopic (exact) mass is 304 g/mol. The van der Waals surface area contributed by atoms with E-state index in [1.165, 1.54) is 0 Å². The molecule has 0 atom stereocenters. The number of nitrogens with zero attached hydrogens (tertiary/aromatic N) is 2. The molecule has 22 heavy (non-hydrogen) atoms. The van der Waals surface area contributed by atoms with Crippen molar-refractivity contribution in [1.82, 2.24) is 20.6 Å². The van der Waals surface area contributed by atoms with Crippen LogP contribution >= 0.6 is 0 Å². The van der Waals surface area contributed by atoms with Crippen molar-refractivity contribution in [1.29, 1.82) is 0 Å². The summed E-state index contributed by atoms with van der Waals surface area (Å²) < 4.78 is 7.02. The Balaban J connectivity index is 1.96. The zero-order chi connectivity index (χ0) is 16.4. The van der Waals surface area contributed by atoms with Crippen LogP contribution in [0.1, 0.15) is 38.8 Å². The molecule has 2 heterocycles. The summed E-state index contributed by atoms with van der Waals surface area (Å²) in [6.45, 7) is 7.22. The van der Waals surface area contributed by atoms with Crippen LogP contribution in [-0.4, -0.2) is 21.6 Å². The minimum absolute atomic E-state index is 0.162. The van der Waals surface area contributed by atoms with Crippen molar-refractivity contribution in [3.63, 3.8) is 0 Å². The molecular formula is C15H20N4O3. The third-order valence-electron chi connectivity index (χ3n) is 3.60.